The van der Waals surface area contributed by atoms with Crippen molar-refractivity contribution in [2.75, 3.05) is 6.54 Å². The minimum Gasteiger partial charge on any atom is -0.338 e. The number of thiophene rings is 1. The SMILES string of the molecule is CCN(Cc1cccs1)C(=O)CCn1c(=O)n(CC)c2ccccc21. The maximum atomic E-state index is 12.6. The lowest BCUT2D eigenvalue weighted by atomic mass is 10.3. The van der Waals surface area contributed by atoms with Gasteiger partial charge in [-0.3, -0.25) is 13.9 Å². The summed E-state index contributed by atoms with van der Waals surface area (Å²) < 4.78 is 3.47. The van der Waals surface area contributed by atoms with Crippen LogP contribution in [0.5, 0.6) is 0 Å². The topological polar surface area (TPSA) is 47.2 Å². The van der Waals surface area contributed by atoms with E-state index >= 15 is 0 Å². The van der Waals surface area contributed by atoms with E-state index in [1.807, 2.05) is 60.5 Å². The molecule has 2 heterocycles. The van der Waals surface area contributed by atoms with Gasteiger partial charge in [0.2, 0.25) is 5.91 Å². The molecule has 0 bridgehead atoms. The molecule has 0 atom stereocenters. The molecule has 0 unspecified atom stereocenters. The summed E-state index contributed by atoms with van der Waals surface area (Å²) in [5.41, 5.74) is 1.77. The van der Waals surface area contributed by atoms with Crippen LogP contribution < -0.4 is 5.69 Å². The fraction of sp³-hybridized carbons (Fsp3) is 0.368. The number of imidazole rings is 1. The molecule has 0 N–H and O–H groups in total. The first-order valence-electron chi connectivity index (χ1n) is 8.64. The van der Waals surface area contributed by atoms with E-state index in [1.165, 1.54) is 4.88 Å². The van der Waals surface area contributed by atoms with Crippen LogP contribution in [-0.2, 0) is 24.4 Å². The summed E-state index contributed by atoms with van der Waals surface area (Å²) in [5.74, 6) is 0.0797. The van der Waals surface area contributed by atoms with Crippen molar-refractivity contribution in [2.45, 2.75) is 39.9 Å². The van der Waals surface area contributed by atoms with Gasteiger partial charge in [0.1, 0.15) is 0 Å². The average molecular weight is 357 g/mol. The quantitative estimate of drug-likeness (QED) is 0.651. The number of nitrogens with zero attached hydrogens (tertiary/aromatic N) is 3. The van der Waals surface area contributed by atoms with Gasteiger partial charge in [0, 0.05) is 30.9 Å². The molecule has 1 amide bonds. The maximum Gasteiger partial charge on any atom is 0.329 e. The second-order valence-corrected chi connectivity index (χ2v) is 6.94. The van der Waals surface area contributed by atoms with Crippen molar-refractivity contribution in [2.24, 2.45) is 0 Å². The van der Waals surface area contributed by atoms with Gasteiger partial charge in [-0.25, -0.2) is 4.79 Å². The molecule has 132 valence electrons. The summed E-state index contributed by atoms with van der Waals surface area (Å²) in [6, 6.07) is 11.8. The number of aromatic nitrogens is 2. The van der Waals surface area contributed by atoms with E-state index in [-0.39, 0.29) is 11.6 Å². The van der Waals surface area contributed by atoms with Crippen LogP contribution in [0.2, 0.25) is 0 Å². The molecule has 0 saturated carbocycles. The van der Waals surface area contributed by atoms with Crippen molar-refractivity contribution < 1.29 is 4.79 Å². The van der Waals surface area contributed by atoms with Crippen LogP contribution >= 0.6 is 11.3 Å². The predicted octanol–water partition coefficient (Wildman–Crippen LogP) is 3.32. The summed E-state index contributed by atoms with van der Waals surface area (Å²) in [7, 11) is 0. The molecule has 5 nitrogen and oxygen atoms in total. The molecule has 0 saturated heterocycles. The summed E-state index contributed by atoms with van der Waals surface area (Å²) in [6.45, 7) is 6.29. The Hall–Kier alpha value is -2.34. The number of fused-ring (bicyclic) bond motifs is 1. The monoisotopic (exact) mass is 357 g/mol. The predicted molar refractivity (Wildman–Crippen MR) is 102 cm³/mol. The fourth-order valence-corrected chi connectivity index (χ4v) is 3.85. The van der Waals surface area contributed by atoms with Crippen LogP contribution in [0.3, 0.4) is 0 Å². The number of aryl methyl sites for hydroxylation is 2. The molecule has 0 aliphatic heterocycles. The van der Waals surface area contributed by atoms with Gasteiger partial charge in [-0.05, 0) is 37.4 Å². The molecule has 3 rings (SSSR count). The summed E-state index contributed by atoms with van der Waals surface area (Å²) in [5, 5.41) is 2.02. The third-order valence-corrected chi connectivity index (χ3v) is 5.31. The highest BCUT2D eigenvalue weighted by molar-refractivity contribution is 7.09. The van der Waals surface area contributed by atoms with Crippen LogP contribution in [0.4, 0.5) is 0 Å². The van der Waals surface area contributed by atoms with Crippen molar-refractivity contribution in [3.63, 3.8) is 0 Å². The highest BCUT2D eigenvalue weighted by Crippen LogP contribution is 2.15. The van der Waals surface area contributed by atoms with Crippen molar-refractivity contribution in [1.29, 1.82) is 0 Å². The van der Waals surface area contributed by atoms with E-state index in [1.54, 1.807) is 20.5 Å². The Kier molecular flexibility index (Phi) is 5.38. The first-order chi connectivity index (χ1) is 12.2. The van der Waals surface area contributed by atoms with Gasteiger partial charge >= 0.3 is 5.69 Å². The molecule has 2 aromatic heterocycles. The number of carbonyl (C=O) groups is 1. The van der Waals surface area contributed by atoms with E-state index in [4.69, 9.17) is 0 Å². The molecular weight excluding hydrogens is 334 g/mol. The Morgan fingerprint density at radius 1 is 1.08 bits per heavy atom. The number of rotatable bonds is 7. The highest BCUT2D eigenvalue weighted by Gasteiger charge is 2.16. The standard InChI is InChI=1S/C19H23N3O2S/c1-3-20(14-15-8-7-13-25-15)18(23)11-12-22-17-10-6-5-9-16(17)21(4-2)19(22)24/h5-10,13H,3-4,11-12,14H2,1-2H3. The number of carbonyl (C=O) groups excluding carboxylic acids is 1. The minimum absolute atomic E-state index is 0.0437. The third-order valence-electron chi connectivity index (χ3n) is 4.45. The first-order valence-corrected chi connectivity index (χ1v) is 9.51. The third kappa shape index (κ3) is 3.54. The number of amides is 1. The van der Waals surface area contributed by atoms with Crippen molar-refractivity contribution in [3.8, 4) is 0 Å². The van der Waals surface area contributed by atoms with Crippen LogP contribution in [0.1, 0.15) is 25.1 Å². The van der Waals surface area contributed by atoms with Gasteiger partial charge in [0.15, 0.2) is 0 Å². The Balaban J connectivity index is 1.77. The van der Waals surface area contributed by atoms with Crippen molar-refractivity contribution in [1.82, 2.24) is 14.0 Å². The molecule has 0 spiro atoms. The van der Waals surface area contributed by atoms with Crippen LogP contribution in [-0.4, -0.2) is 26.5 Å². The molecule has 0 fully saturated rings. The molecule has 1 aromatic carbocycles. The summed E-state index contributed by atoms with van der Waals surface area (Å²) >= 11 is 1.66. The average Bonchev–Trinajstić information content (AvgIpc) is 3.23. The fourth-order valence-electron chi connectivity index (χ4n) is 3.13. The second kappa shape index (κ2) is 7.70. The Morgan fingerprint density at radius 2 is 1.80 bits per heavy atom. The first kappa shape index (κ1) is 17.5. The van der Waals surface area contributed by atoms with Gasteiger partial charge in [-0.15, -0.1) is 11.3 Å². The number of hydrogen-bond acceptors (Lipinski definition) is 3. The Bertz CT molecular complexity index is 909. The maximum absolute atomic E-state index is 12.6. The zero-order valence-electron chi connectivity index (χ0n) is 14.6. The van der Waals surface area contributed by atoms with Crippen molar-refractivity contribution >= 4 is 28.3 Å². The van der Waals surface area contributed by atoms with E-state index < -0.39 is 0 Å². The lowest BCUT2D eigenvalue weighted by Crippen LogP contribution is -2.32. The van der Waals surface area contributed by atoms with Gasteiger partial charge in [0.25, 0.3) is 0 Å². The van der Waals surface area contributed by atoms with E-state index in [0.29, 0.717) is 32.6 Å². The smallest absolute Gasteiger partial charge is 0.329 e. The minimum atomic E-state index is -0.0437. The van der Waals surface area contributed by atoms with Crippen LogP contribution in [0, 0.1) is 0 Å². The Morgan fingerprint density at radius 3 is 2.40 bits per heavy atom. The van der Waals surface area contributed by atoms with Gasteiger partial charge in [0.05, 0.1) is 17.6 Å². The number of benzene rings is 1. The van der Waals surface area contributed by atoms with E-state index in [0.717, 1.165) is 11.0 Å². The second-order valence-electron chi connectivity index (χ2n) is 5.90. The van der Waals surface area contributed by atoms with Gasteiger partial charge in [-0.1, -0.05) is 18.2 Å². The molecule has 0 aliphatic rings. The molecular formula is C19H23N3O2S. The molecule has 0 radical (unpaired) electrons. The normalized spacial score (nSPS) is 11.1. The zero-order chi connectivity index (χ0) is 17.8. The van der Waals surface area contributed by atoms with E-state index in [2.05, 4.69) is 0 Å². The van der Waals surface area contributed by atoms with Gasteiger partial charge in [-0.2, -0.15) is 0 Å². The molecule has 0 aliphatic carbocycles. The lowest BCUT2D eigenvalue weighted by Gasteiger charge is -2.20. The van der Waals surface area contributed by atoms with E-state index in [9.17, 15) is 9.59 Å². The lowest BCUT2D eigenvalue weighted by molar-refractivity contribution is -0.131. The molecule has 25 heavy (non-hydrogen) atoms. The van der Waals surface area contributed by atoms with Crippen molar-refractivity contribution in [3.05, 3.63) is 57.1 Å². The largest absolute Gasteiger partial charge is 0.338 e. The highest BCUT2D eigenvalue weighted by atomic mass is 32.1. The Labute approximate surface area is 151 Å². The number of hydrogen-bond donors (Lipinski definition) is 0. The summed E-state index contributed by atoms with van der Waals surface area (Å²) in [4.78, 5) is 28.3. The number of para-hydroxylation sites is 2. The van der Waals surface area contributed by atoms with Gasteiger partial charge < -0.3 is 4.90 Å². The summed E-state index contributed by atoms with van der Waals surface area (Å²) in [6.07, 6.45) is 0.330. The van der Waals surface area contributed by atoms with Crippen LogP contribution in [0.15, 0.2) is 46.6 Å². The van der Waals surface area contributed by atoms with Crippen LogP contribution in [0.25, 0.3) is 11.0 Å². The molecule has 3 aromatic rings. The molecule has 6 heteroatoms. The zero-order valence-corrected chi connectivity index (χ0v) is 15.5.